The number of anilines is 1. The van der Waals surface area contributed by atoms with Crippen molar-refractivity contribution >= 4 is 49.5 Å². The van der Waals surface area contributed by atoms with Gasteiger partial charge in [0.2, 0.25) is 5.91 Å². The number of hydrogen-bond donors (Lipinski definition) is 1. The molecule has 0 unspecified atom stereocenters. The van der Waals surface area contributed by atoms with Crippen LogP contribution in [0.3, 0.4) is 0 Å². The molecule has 2 rings (SSSR count). The van der Waals surface area contributed by atoms with Gasteiger partial charge in [0.1, 0.15) is 0 Å². The van der Waals surface area contributed by atoms with Gasteiger partial charge < -0.3 is 5.32 Å². The average molecular weight is 294 g/mol. The second-order valence-corrected chi connectivity index (χ2v) is 6.46. The van der Waals surface area contributed by atoms with Gasteiger partial charge in [-0.3, -0.25) is 9.59 Å². The molecule has 0 spiro atoms. The first-order valence-electron chi connectivity index (χ1n) is 5.76. The number of fused-ring (bicyclic) bond motifs is 1. The Morgan fingerprint density at radius 1 is 1.37 bits per heavy atom. The number of thiazole rings is 1. The zero-order chi connectivity index (χ0) is 14.0. The van der Waals surface area contributed by atoms with Crippen LogP contribution in [0.2, 0.25) is 0 Å². The van der Waals surface area contributed by atoms with Crippen molar-refractivity contribution in [3.05, 3.63) is 23.3 Å². The SMILES string of the molecule is CC(=O)SCC(=O)Nc1nc2c(C)cc(C)cc2s1. The van der Waals surface area contributed by atoms with Gasteiger partial charge >= 0.3 is 0 Å². The van der Waals surface area contributed by atoms with E-state index in [1.807, 2.05) is 13.8 Å². The van der Waals surface area contributed by atoms with Crippen molar-refractivity contribution < 1.29 is 9.59 Å². The number of carbonyl (C=O) groups excluding carboxylic acids is 2. The fourth-order valence-corrected chi connectivity index (χ4v) is 3.21. The summed E-state index contributed by atoms with van der Waals surface area (Å²) in [6.07, 6.45) is 0. The van der Waals surface area contributed by atoms with Gasteiger partial charge in [-0.2, -0.15) is 0 Å². The Balaban J connectivity index is 2.15. The Hall–Kier alpha value is -1.40. The van der Waals surface area contributed by atoms with E-state index in [4.69, 9.17) is 0 Å². The van der Waals surface area contributed by atoms with Crippen molar-refractivity contribution in [3.63, 3.8) is 0 Å². The van der Waals surface area contributed by atoms with Crippen LogP contribution >= 0.6 is 23.1 Å². The molecule has 0 bridgehead atoms. The highest BCUT2D eigenvalue weighted by Crippen LogP contribution is 2.29. The first kappa shape index (κ1) is 14.0. The number of aromatic nitrogens is 1. The largest absolute Gasteiger partial charge is 0.301 e. The highest BCUT2D eigenvalue weighted by molar-refractivity contribution is 8.14. The summed E-state index contributed by atoms with van der Waals surface area (Å²) in [6, 6.07) is 4.12. The molecule has 1 N–H and O–H groups in total. The van der Waals surface area contributed by atoms with Crippen molar-refractivity contribution in [1.29, 1.82) is 0 Å². The Morgan fingerprint density at radius 2 is 2.11 bits per heavy atom. The molecular weight excluding hydrogens is 280 g/mol. The van der Waals surface area contributed by atoms with Crippen LogP contribution in [0.1, 0.15) is 18.1 Å². The number of amides is 1. The zero-order valence-electron chi connectivity index (χ0n) is 10.9. The topological polar surface area (TPSA) is 59.1 Å². The van der Waals surface area contributed by atoms with Crippen LogP contribution in [0.5, 0.6) is 0 Å². The molecule has 1 heterocycles. The maximum atomic E-state index is 11.6. The number of nitrogens with zero attached hydrogens (tertiary/aromatic N) is 1. The van der Waals surface area contributed by atoms with E-state index in [9.17, 15) is 9.59 Å². The van der Waals surface area contributed by atoms with Gasteiger partial charge in [-0.15, -0.1) is 0 Å². The number of thioether (sulfide) groups is 1. The Labute approximate surface area is 119 Å². The lowest BCUT2D eigenvalue weighted by Crippen LogP contribution is -2.14. The van der Waals surface area contributed by atoms with E-state index in [2.05, 4.69) is 22.4 Å². The molecule has 4 nitrogen and oxygen atoms in total. The number of rotatable bonds is 3. The molecule has 0 saturated carbocycles. The minimum absolute atomic E-state index is 0.0640. The van der Waals surface area contributed by atoms with E-state index in [1.165, 1.54) is 23.8 Å². The molecular formula is C13H14N2O2S2. The Bertz CT molecular complexity index is 649. The smallest absolute Gasteiger partial charge is 0.236 e. The molecule has 0 atom stereocenters. The highest BCUT2D eigenvalue weighted by Gasteiger charge is 2.10. The summed E-state index contributed by atoms with van der Waals surface area (Å²) in [6.45, 7) is 5.49. The molecule has 0 aliphatic heterocycles. The van der Waals surface area contributed by atoms with E-state index >= 15 is 0 Å². The quantitative estimate of drug-likeness (QED) is 0.945. The van der Waals surface area contributed by atoms with Crippen molar-refractivity contribution in [2.24, 2.45) is 0 Å². The number of hydrogen-bond acceptors (Lipinski definition) is 5. The maximum absolute atomic E-state index is 11.6. The predicted molar refractivity (Wildman–Crippen MR) is 80.9 cm³/mol. The lowest BCUT2D eigenvalue weighted by Gasteiger charge is -1.98. The summed E-state index contributed by atoms with van der Waals surface area (Å²) in [7, 11) is 0. The van der Waals surface area contributed by atoms with Gasteiger partial charge in [0, 0.05) is 6.92 Å². The normalized spacial score (nSPS) is 10.7. The molecule has 100 valence electrons. The van der Waals surface area contributed by atoms with Crippen LogP contribution in [-0.4, -0.2) is 21.8 Å². The van der Waals surface area contributed by atoms with E-state index in [1.54, 1.807) is 0 Å². The third kappa shape index (κ3) is 3.54. The van der Waals surface area contributed by atoms with Crippen molar-refractivity contribution in [2.45, 2.75) is 20.8 Å². The molecule has 0 aliphatic carbocycles. The monoisotopic (exact) mass is 294 g/mol. The third-order valence-electron chi connectivity index (χ3n) is 2.48. The number of nitrogens with one attached hydrogen (secondary N) is 1. The fourth-order valence-electron chi connectivity index (χ4n) is 1.75. The molecule has 0 aliphatic rings. The van der Waals surface area contributed by atoms with Crippen LogP contribution < -0.4 is 5.32 Å². The van der Waals surface area contributed by atoms with Crippen molar-refractivity contribution in [3.8, 4) is 0 Å². The van der Waals surface area contributed by atoms with Crippen LogP contribution in [0.4, 0.5) is 5.13 Å². The van der Waals surface area contributed by atoms with Crippen LogP contribution in [0.25, 0.3) is 10.2 Å². The van der Waals surface area contributed by atoms with E-state index in [-0.39, 0.29) is 16.8 Å². The number of aryl methyl sites for hydroxylation is 2. The molecule has 1 amide bonds. The van der Waals surface area contributed by atoms with Crippen molar-refractivity contribution in [2.75, 3.05) is 11.1 Å². The van der Waals surface area contributed by atoms with Gasteiger partial charge in [-0.05, 0) is 31.0 Å². The molecule has 2 aromatic rings. The van der Waals surface area contributed by atoms with Crippen molar-refractivity contribution in [1.82, 2.24) is 4.98 Å². The fraction of sp³-hybridized carbons (Fsp3) is 0.308. The zero-order valence-corrected chi connectivity index (χ0v) is 12.6. The third-order valence-corrected chi connectivity index (χ3v) is 4.21. The summed E-state index contributed by atoms with van der Waals surface area (Å²) < 4.78 is 1.06. The summed E-state index contributed by atoms with van der Waals surface area (Å²) in [5.41, 5.74) is 3.20. The van der Waals surface area contributed by atoms with Gasteiger partial charge in [0.25, 0.3) is 0 Å². The van der Waals surface area contributed by atoms with Gasteiger partial charge in [-0.25, -0.2) is 4.98 Å². The standard InChI is InChI=1S/C13H14N2O2S2/c1-7-4-8(2)12-10(5-7)19-13(15-12)14-11(17)6-18-9(3)16/h4-5H,6H2,1-3H3,(H,14,15,17). The molecule has 1 aromatic heterocycles. The van der Waals surface area contributed by atoms with E-state index < -0.39 is 0 Å². The van der Waals surface area contributed by atoms with E-state index in [0.717, 1.165) is 27.5 Å². The summed E-state index contributed by atoms with van der Waals surface area (Å²) >= 11 is 2.45. The molecule has 19 heavy (non-hydrogen) atoms. The van der Waals surface area contributed by atoms with Crippen LogP contribution in [-0.2, 0) is 9.59 Å². The Kier molecular flexibility index (Phi) is 4.21. The molecule has 1 aromatic carbocycles. The van der Waals surface area contributed by atoms with Gasteiger partial charge in [0.05, 0.1) is 16.0 Å². The Morgan fingerprint density at radius 3 is 2.79 bits per heavy atom. The number of carbonyl (C=O) groups is 2. The summed E-state index contributed by atoms with van der Waals surface area (Å²) in [4.78, 5) is 26.8. The highest BCUT2D eigenvalue weighted by atomic mass is 32.2. The van der Waals surface area contributed by atoms with Gasteiger partial charge in [0.15, 0.2) is 10.2 Å². The first-order valence-corrected chi connectivity index (χ1v) is 7.57. The van der Waals surface area contributed by atoms with Gasteiger partial charge in [-0.1, -0.05) is 29.2 Å². The molecule has 0 saturated heterocycles. The molecule has 0 fully saturated rings. The predicted octanol–water partition coefficient (Wildman–Crippen LogP) is 3.13. The lowest BCUT2D eigenvalue weighted by atomic mass is 10.1. The first-order chi connectivity index (χ1) is 8.95. The minimum Gasteiger partial charge on any atom is -0.301 e. The van der Waals surface area contributed by atoms with E-state index in [0.29, 0.717) is 5.13 Å². The molecule has 6 heteroatoms. The number of benzene rings is 1. The summed E-state index contributed by atoms with van der Waals surface area (Å²) in [5, 5.41) is 3.25. The molecule has 0 radical (unpaired) electrons. The minimum atomic E-state index is -0.200. The van der Waals surface area contributed by atoms with Crippen LogP contribution in [0, 0.1) is 13.8 Å². The second kappa shape index (κ2) is 5.71. The maximum Gasteiger partial charge on any atom is 0.236 e. The van der Waals surface area contributed by atoms with Crippen LogP contribution in [0.15, 0.2) is 12.1 Å². The lowest BCUT2D eigenvalue weighted by molar-refractivity contribution is -0.114. The average Bonchev–Trinajstić information content (AvgIpc) is 2.69. The second-order valence-electron chi connectivity index (χ2n) is 4.28. The summed E-state index contributed by atoms with van der Waals surface area (Å²) in [5.74, 6) is -0.0721.